The number of aliphatic imine (C=N–C) groups is 1. The minimum absolute atomic E-state index is 0.171. The fourth-order valence-corrected chi connectivity index (χ4v) is 2.33. The summed E-state index contributed by atoms with van der Waals surface area (Å²) in [5.74, 6) is -0.337. The van der Waals surface area contributed by atoms with Crippen molar-refractivity contribution in [2.45, 2.75) is 6.92 Å². The summed E-state index contributed by atoms with van der Waals surface area (Å²) in [5, 5.41) is 0.455. The van der Waals surface area contributed by atoms with Crippen molar-refractivity contribution >= 4 is 35.5 Å². The number of benzene rings is 2. The highest BCUT2D eigenvalue weighted by Gasteiger charge is 2.25. The van der Waals surface area contributed by atoms with Crippen LogP contribution >= 0.6 is 11.6 Å². The molecule has 1 aliphatic rings. The fraction of sp³-hybridized carbons (Fsp3) is 0.0556. The van der Waals surface area contributed by atoms with E-state index in [-0.39, 0.29) is 11.6 Å². The summed E-state index contributed by atoms with van der Waals surface area (Å²) in [6, 6.07) is 13.7. The molecule has 0 bridgehead atoms. The third kappa shape index (κ3) is 3.52. The predicted molar refractivity (Wildman–Crippen MR) is 89.8 cm³/mol. The lowest BCUT2D eigenvalue weighted by Crippen LogP contribution is -2.05. The van der Waals surface area contributed by atoms with Crippen molar-refractivity contribution in [3.8, 4) is 5.75 Å². The molecule has 24 heavy (non-hydrogen) atoms. The lowest BCUT2D eigenvalue weighted by Gasteiger charge is -2.01. The molecule has 0 fully saturated rings. The van der Waals surface area contributed by atoms with Crippen molar-refractivity contribution in [1.29, 1.82) is 0 Å². The van der Waals surface area contributed by atoms with Gasteiger partial charge in [-0.05, 0) is 35.9 Å². The van der Waals surface area contributed by atoms with Crippen LogP contribution in [-0.4, -0.2) is 17.8 Å². The van der Waals surface area contributed by atoms with Crippen LogP contribution in [0.4, 0.5) is 0 Å². The molecule has 6 heteroatoms. The lowest BCUT2D eigenvalue weighted by atomic mass is 10.2. The van der Waals surface area contributed by atoms with Gasteiger partial charge in [-0.25, -0.2) is 9.79 Å². The number of carbonyl (C=O) groups is 2. The molecule has 1 aliphatic heterocycles. The molecule has 5 nitrogen and oxygen atoms in total. The Balaban J connectivity index is 1.86. The molecule has 0 saturated heterocycles. The zero-order chi connectivity index (χ0) is 17.1. The second kappa shape index (κ2) is 6.68. The third-order valence-electron chi connectivity index (χ3n) is 3.17. The molecule has 0 saturated carbocycles. The first-order valence-corrected chi connectivity index (χ1v) is 7.46. The summed E-state index contributed by atoms with van der Waals surface area (Å²) in [6.45, 7) is 1.33. The average Bonchev–Trinajstić information content (AvgIpc) is 2.90. The topological polar surface area (TPSA) is 65.0 Å². The monoisotopic (exact) mass is 341 g/mol. The van der Waals surface area contributed by atoms with Gasteiger partial charge in [-0.15, -0.1) is 0 Å². The van der Waals surface area contributed by atoms with E-state index in [9.17, 15) is 9.59 Å². The molecule has 2 aromatic carbocycles. The van der Waals surface area contributed by atoms with Crippen LogP contribution in [0.5, 0.6) is 5.75 Å². The van der Waals surface area contributed by atoms with E-state index in [0.717, 1.165) is 5.56 Å². The largest absolute Gasteiger partial charge is 0.427 e. The second-order valence-corrected chi connectivity index (χ2v) is 5.39. The molecule has 0 unspecified atom stereocenters. The smallest absolute Gasteiger partial charge is 0.363 e. The van der Waals surface area contributed by atoms with E-state index >= 15 is 0 Å². The number of ether oxygens (including phenoxy) is 2. The van der Waals surface area contributed by atoms with E-state index in [4.69, 9.17) is 21.1 Å². The highest BCUT2D eigenvalue weighted by molar-refractivity contribution is 6.34. The average molecular weight is 342 g/mol. The standard InChI is InChI=1S/C18H12ClNO4/c1-11(21)23-13-8-6-12(7-9-13)10-16-18(22)24-17(20-16)14-4-2-3-5-15(14)19/h2-10H,1H3/b16-10+. The van der Waals surface area contributed by atoms with Gasteiger partial charge in [0.15, 0.2) is 5.70 Å². The van der Waals surface area contributed by atoms with Gasteiger partial charge in [0.05, 0.1) is 10.6 Å². The third-order valence-corrected chi connectivity index (χ3v) is 3.50. The van der Waals surface area contributed by atoms with Gasteiger partial charge in [0.2, 0.25) is 5.90 Å². The van der Waals surface area contributed by atoms with Gasteiger partial charge >= 0.3 is 11.9 Å². The number of cyclic esters (lactones) is 1. The summed E-state index contributed by atoms with van der Waals surface area (Å²) < 4.78 is 10.1. The van der Waals surface area contributed by atoms with Crippen LogP contribution in [-0.2, 0) is 14.3 Å². The molecule has 0 aromatic heterocycles. The molecule has 2 aromatic rings. The Hall–Kier alpha value is -2.92. The first-order chi connectivity index (χ1) is 11.5. The summed E-state index contributed by atoms with van der Waals surface area (Å²) in [4.78, 5) is 27.1. The number of nitrogens with zero attached hydrogens (tertiary/aromatic N) is 1. The van der Waals surface area contributed by atoms with Crippen molar-refractivity contribution in [3.05, 3.63) is 70.4 Å². The Morgan fingerprint density at radius 2 is 1.88 bits per heavy atom. The Labute approximate surface area is 143 Å². The van der Waals surface area contributed by atoms with Crippen molar-refractivity contribution in [2.24, 2.45) is 4.99 Å². The minimum atomic E-state index is -0.547. The van der Waals surface area contributed by atoms with Crippen molar-refractivity contribution < 1.29 is 19.1 Å². The Morgan fingerprint density at radius 1 is 1.17 bits per heavy atom. The van der Waals surface area contributed by atoms with Gasteiger partial charge in [-0.1, -0.05) is 35.9 Å². The van der Waals surface area contributed by atoms with Crippen LogP contribution in [0.3, 0.4) is 0 Å². The van der Waals surface area contributed by atoms with Crippen molar-refractivity contribution in [3.63, 3.8) is 0 Å². The van der Waals surface area contributed by atoms with Gasteiger partial charge in [0.25, 0.3) is 0 Å². The maximum atomic E-state index is 12.0. The number of hydrogen-bond donors (Lipinski definition) is 0. The summed E-state index contributed by atoms with van der Waals surface area (Å²) in [6.07, 6.45) is 1.59. The molecule has 0 N–H and O–H groups in total. The highest BCUT2D eigenvalue weighted by Crippen LogP contribution is 2.24. The predicted octanol–water partition coefficient (Wildman–Crippen LogP) is 3.61. The number of rotatable bonds is 3. The number of esters is 2. The summed E-state index contributed by atoms with van der Waals surface area (Å²) in [7, 11) is 0. The van der Waals surface area contributed by atoms with Crippen LogP contribution in [0.25, 0.3) is 6.08 Å². The quantitative estimate of drug-likeness (QED) is 0.486. The Morgan fingerprint density at radius 3 is 2.54 bits per heavy atom. The van der Waals surface area contributed by atoms with Crippen LogP contribution in [0, 0.1) is 0 Å². The molecule has 1 heterocycles. The van der Waals surface area contributed by atoms with Gasteiger partial charge in [-0.3, -0.25) is 4.79 Å². The number of carbonyl (C=O) groups excluding carboxylic acids is 2. The molecule has 0 amide bonds. The van der Waals surface area contributed by atoms with Gasteiger partial charge in [0.1, 0.15) is 5.75 Å². The summed E-state index contributed by atoms with van der Waals surface area (Å²) in [5.41, 5.74) is 1.45. The van der Waals surface area contributed by atoms with E-state index < -0.39 is 11.9 Å². The van der Waals surface area contributed by atoms with E-state index in [0.29, 0.717) is 16.3 Å². The molecular formula is C18H12ClNO4. The van der Waals surface area contributed by atoms with Crippen molar-refractivity contribution in [2.75, 3.05) is 0 Å². The normalized spacial score (nSPS) is 15.2. The maximum absolute atomic E-state index is 12.0. The second-order valence-electron chi connectivity index (χ2n) is 4.98. The maximum Gasteiger partial charge on any atom is 0.363 e. The lowest BCUT2D eigenvalue weighted by molar-refractivity contribution is -0.132. The van der Waals surface area contributed by atoms with E-state index in [1.807, 2.05) is 0 Å². The summed E-state index contributed by atoms with van der Waals surface area (Å²) >= 11 is 6.09. The Kier molecular flexibility index (Phi) is 4.44. The molecular weight excluding hydrogens is 330 g/mol. The fourth-order valence-electron chi connectivity index (χ4n) is 2.11. The van der Waals surface area contributed by atoms with E-state index in [2.05, 4.69) is 4.99 Å². The SMILES string of the molecule is CC(=O)Oc1ccc(/C=C2/N=C(c3ccccc3Cl)OC2=O)cc1. The van der Waals surface area contributed by atoms with Gasteiger partial charge < -0.3 is 9.47 Å². The molecule has 0 spiro atoms. The Bertz CT molecular complexity index is 869. The first kappa shape index (κ1) is 16.0. The van der Waals surface area contributed by atoms with Gasteiger partial charge in [0, 0.05) is 6.92 Å². The van der Waals surface area contributed by atoms with Crippen LogP contribution in [0.15, 0.2) is 59.2 Å². The number of hydrogen-bond acceptors (Lipinski definition) is 5. The molecule has 0 atom stereocenters. The minimum Gasteiger partial charge on any atom is -0.427 e. The first-order valence-electron chi connectivity index (χ1n) is 7.09. The zero-order valence-corrected chi connectivity index (χ0v) is 13.4. The molecule has 0 aliphatic carbocycles. The molecule has 0 radical (unpaired) electrons. The van der Waals surface area contributed by atoms with E-state index in [1.54, 1.807) is 54.6 Å². The molecule has 3 rings (SSSR count). The number of halogens is 1. The van der Waals surface area contributed by atoms with Crippen LogP contribution < -0.4 is 4.74 Å². The highest BCUT2D eigenvalue weighted by atomic mass is 35.5. The van der Waals surface area contributed by atoms with Crippen LogP contribution in [0.1, 0.15) is 18.1 Å². The van der Waals surface area contributed by atoms with Gasteiger partial charge in [-0.2, -0.15) is 0 Å². The molecule has 120 valence electrons. The van der Waals surface area contributed by atoms with Crippen LogP contribution in [0.2, 0.25) is 5.02 Å². The van der Waals surface area contributed by atoms with E-state index in [1.165, 1.54) is 6.92 Å². The van der Waals surface area contributed by atoms with Crippen molar-refractivity contribution in [1.82, 2.24) is 0 Å². The zero-order valence-electron chi connectivity index (χ0n) is 12.7.